The Balaban J connectivity index is 2.18. The summed E-state index contributed by atoms with van der Waals surface area (Å²) in [5.41, 5.74) is 5.40. The van der Waals surface area contributed by atoms with E-state index in [9.17, 15) is 0 Å². The lowest BCUT2D eigenvalue weighted by Gasteiger charge is -2.33. The van der Waals surface area contributed by atoms with Gasteiger partial charge in [0.2, 0.25) is 0 Å². The highest BCUT2D eigenvalue weighted by Crippen LogP contribution is 2.19. The van der Waals surface area contributed by atoms with Crippen molar-refractivity contribution in [3.63, 3.8) is 0 Å². The minimum atomic E-state index is -0.608. The van der Waals surface area contributed by atoms with E-state index in [1.54, 1.807) is 0 Å². The van der Waals surface area contributed by atoms with Crippen LogP contribution in [0.1, 0.15) is 39.0 Å². The first-order valence-electron chi connectivity index (χ1n) is 7.56. The molecule has 1 aliphatic heterocycles. The van der Waals surface area contributed by atoms with Crippen LogP contribution >= 0.6 is 0 Å². The molecule has 1 atom stereocenters. The zero-order chi connectivity index (χ0) is 14.3. The van der Waals surface area contributed by atoms with Crippen LogP contribution < -0.4 is 5.73 Å². The van der Waals surface area contributed by atoms with E-state index in [0.29, 0.717) is 0 Å². The Labute approximate surface area is 118 Å². The average Bonchev–Trinajstić information content (AvgIpc) is 2.40. The molecule has 0 radical (unpaired) electrons. The van der Waals surface area contributed by atoms with Crippen LogP contribution in [0.4, 0.5) is 0 Å². The molecule has 1 aliphatic rings. The second-order valence-corrected chi connectivity index (χ2v) is 6.27. The lowest BCUT2D eigenvalue weighted by Crippen LogP contribution is -2.40. The van der Waals surface area contributed by atoms with Gasteiger partial charge < -0.3 is 15.5 Å². The molecule has 0 aromatic heterocycles. The third-order valence-corrected chi connectivity index (χ3v) is 4.28. The Morgan fingerprint density at radius 2 is 2.00 bits per heavy atom. The highest BCUT2D eigenvalue weighted by atomic mass is 15.1. The summed E-state index contributed by atoms with van der Waals surface area (Å²) in [4.78, 5) is 4.82. The predicted molar refractivity (Wildman–Crippen MR) is 79.8 cm³/mol. The molecule has 0 saturated carbocycles. The van der Waals surface area contributed by atoms with E-state index in [4.69, 9.17) is 11.0 Å². The fraction of sp³-hybridized carbons (Fsp3) is 0.933. The fourth-order valence-corrected chi connectivity index (χ4v) is 2.84. The predicted octanol–water partition coefficient (Wildman–Crippen LogP) is 1.67. The maximum absolute atomic E-state index is 9.05. The molecule has 1 heterocycles. The molecule has 4 nitrogen and oxygen atoms in total. The first-order chi connectivity index (χ1) is 8.99. The molecule has 1 fully saturated rings. The summed E-state index contributed by atoms with van der Waals surface area (Å²) in [7, 11) is 4.31. The molecule has 0 amide bonds. The maximum atomic E-state index is 9.05. The van der Waals surface area contributed by atoms with Crippen LogP contribution in [0.25, 0.3) is 0 Å². The number of likely N-dealkylation sites (tertiary alicyclic amines) is 1. The second-order valence-electron chi connectivity index (χ2n) is 6.27. The van der Waals surface area contributed by atoms with Crippen molar-refractivity contribution < 1.29 is 0 Å². The molecular formula is C15H30N4. The first-order valence-corrected chi connectivity index (χ1v) is 7.56. The summed E-state index contributed by atoms with van der Waals surface area (Å²) in [6.07, 6.45) is 5.21. The lowest BCUT2D eigenvalue weighted by atomic mass is 9.92. The second kappa shape index (κ2) is 7.84. The lowest BCUT2D eigenvalue weighted by molar-refractivity contribution is 0.158. The molecule has 0 spiro atoms. The summed E-state index contributed by atoms with van der Waals surface area (Å²) in [6, 6.07) is 2.25. The normalized spacial score (nSPS) is 21.3. The van der Waals surface area contributed by atoms with Crippen LogP contribution in [0, 0.1) is 17.2 Å². The number of nitrogens with two attached hydrogens (primary N) is 1. The van der Waals surface area contributed by atoms with Crippen molar-refractivity contribution in [1.82, 2.24) is 9.80 Å². The van der Waals surface area contributed by atoms with Crippen molar-refractivity contribution in [3.05, 3.63) is 0 Å². The molecule has 0 aromatic carbocycles. The summed E-state index contributed by atoms with van der Waals surface area (Å²) < 4.78 is 0. The highest BCUT2D eigenvalue weighted by Gasteiger charge is 2.23. The number of piperidine rings is 1. The number of nitrogens with zero attached hydrogens (tertiary/aromatic N) is 3. The molecule has 0 aliphatic carbocycles. The molecule has 0 aromatic rings. The third kappa shape index (κ3) is 5.90. The van der Waals surface area contributed by atoms with E-state index < -0.39 is 5.54 Å². The molecule has 1 saturated heterocycles. The number of hydrogen-bond acceptors (Lipinski definition) is 4. The Morgan fingerprint density at radius 3 is 2.47 bits per heavy atom. The molecule has 2 N–H and O–H groups in total. The fourth-order valence-electron chi connectivity index (χ4n) is 2.84. The van der Waals surface area contributed by atoms with Crippen LogP contribution in [0.3, 0.4) is 0 Å². The van der Waals surface area contributed by atoms with Gasteiger partial charge in [0, 0.05) is 6.54 Å². The highest BCUT2D eigenvalue weighted by molar-refractivity contribution is 5.03. The van der Waals surface area contributed by atoms with E-state index in [1.807, 2.05) is 6.92 Å². The minimum Gasteiger partial charge on any atom is -0.313 e. The van der Waals surface area contributed by atoms with Gasteiger partial charge in [-0.25, -0.2) is 0 Å². The maximum Gasteiger partial charge on any atom is 0.104 e. The zero-order valence-corrected chi connectivity index (χ0v) is 12.9. The van der Waals surface area contributed by atoms with Gasteiger partial charge in [-0.3, -0.25) is 0 Å². The van der Waals surface area contributed by atoms with Gasteiger partial charge in [0.1, 0.15) is 5.54 Å². The summed E-state index contributed by atoms with van der Waals surface area (Å²) in [5, 5.41) is 9.05. The van der Waals surface area contributed by atoms with Gasteiger partial charge in [-0.1, -0.05) is 6.92 Å². The van der Waals surface area contributed by atoms with E-state index in [0.717, 1.165) is 31.7 Å². The Kier molecular flexibility index (Phi) is 6.78. The quantitative estimate of drug-likeness (QED) is 0.761. The summed E-state index contributed by atoms with van der Waals surface area (Å²) in [6.45, 7) is 6.71. The van der Waals surface area contributed by atoms with Gasteiger partial charge in [-0.05, 0) is 71.8 Å². The van der Waals surface area contributed by atoms with Crippen molar-refractivity contribution in [2.24, 2.45) is 11.7 Å². The molecule has 4 heteroatoms. The Hall–Kier alpha value is -0.630. The molecule has 0 bridgehead atoms. The van der Waals surface area contributed by atoms with Crippen molar-refractivity contribution in [1.29, 1.82) is 5.26 Å². The van der Waals surface area contributed by atoms with E-state index in [2.05, 4.69) is 30.0 Å². The van der Waals surface area contributed by atoms with Crippen LogP contribution in [0.15, 0.2) is 0 Å². The molecule has 1 unspecified atom stereocenters. The van der Waals surface area contributed by atoms with Crippen molar-refractivity contribution in [3.8, 4) is 6.07 Å². The van der Waals surface area contributed by atoms with Crippen LogP contribution in [0.5, 0.6) is 0 Å². The Morgan fingerprint density at radius 1 is 1.37 bits per heavy atom. The molecular weight excluding hydrogens is 236 g/mol. The zero-order valence-electron chi connectivity index (χ0n) is 12.9. The molecule has 1 rings (SSSR count). The topological polar surface area (TPSA) is 56.3 Å². The van der Waals surface area contributed by atoms with Gasteiger partial charge in [-0.2, -0.15) is 5.26 Å². The third-order valence-electron chi connectivity index (χ3n) is 4.28. The SMILES string of the molecule is CCC(N)(C#N)CCCN1CCC(CN(C)C)CC1. The summed E-state index contributed by atoms with van der Waals surface area (Å²) >= 11 is 0. The summed E-state index contributed by atoms with van der Waals surface area (Å²) in [5.74, 6) is 0.856. The molecule has 19 heavy (non-hydrogen) atoms. The van der Waals surface area contributed by atoms with E-state index >= 15 is 0 Å². The number of rotatable bonds is 7. The largest absolute Gasteiger partial charge is 0.313 e. The first kappa shape index (κ1) is 16.4. The number of nitriles is 1. The van der Waals surface area contributed by atoms with Crippen molar-refractivity contribution in [2.75, 3.05) is 40.3 Å². The average molecular weight is 266 g/mol. The van der Waals surface area contributed by atoms with Crippen LogP contribution in [-0.2, 0) is 0 Å². The van der Waals surface area contributed by atoms with Gasteiger partial charge in [0.15, 0.2) is 0 Å². The van der Waals surface area contributed by atoms with E-state index in [-0.39, 0.29) is 0 Å². The van der Waals surface area contributed by atoms with E-state index in [1.165, 1.54) is 32.5 Å². The van der Waals surface area contributed by atoms with Gasteiger partial charge in [-0.15, -0.1) is 0 Å². The smallest absolute Gasteiger partial charge is 0.104 e. The van der Waals surface area contributed by atoms with Crippen LogP contribution in [-0.4, -0.2) is 55.6 Å². The standard InChI is InChI=1S/C15H30N4/c1-4-15(17,13-16)8-5-9-19-10-6-14(7-11-19)12-18(2)3/h14H,4-12,17H2,1-3H3. The van der Waals surface area contributed by atoms with Crippen LogP contribution in [0.2, 0.25) is 0 Å². The minimum absolute atomic E-state index is 0.608. The monoisotopic (exact) mass is 266 g/mol. The Bertz CT molecular complexity index is 289. The van der Waals surface area contributed by atoms with Gasteiger partial charge in [0.05, 0.1) is 6.07 Å². The van der Waals surface area contributed by atoms with Gasteiger partial charge in [0.25, 0.3) is 0 Å². The molecule has 110 valence electrons. The van der Waals surface area contributed by atoms with Crippen molar-refractivity contribution in [2.45, 2.75) is 44.6 Å². The van der Waals surface area contributed by atoms with Crippen molar-refractivity contribution >= 4 is 0 Å². The van der Waals surface area contributed by atoms with Gasteiger partial charge >= 0.3 is 0 Å². The number of hydrogen-bond donors (Lipinski definition) is 1.